The zero-order valence-corrected chi connectivity index (χ0v) is 13.1. The molecule has 1 aliphatic rings. The van der Waals surface area contributed by atoms with Gasteiger partial charge in [-0.2, -0.15) is 0 Å². The van der Waals surface area contributed by atoms with Crippen LogP contribution in [0.1, 0.15) is 24.9 Å². The van der Waals surface area contributed by atoms with Crippen molar-refractivity contribution in [2.45, 2.75) is 25.5 Å². The second-order valence-corrected chi connectivity index (χ2v) is 5.46. The van der Waals surface area contributed by atoms with E-state index in [1.165, 1.54) is 7.11 Å². The van der Waals surface area contributed by atoms with Gasteiger partial charge in [0, 0.05) is 17.8 Å². The van der Waals surface area contributed by atoms with Gasteiger partial charge in [0.05, 0.1) is 13.2 Å². The summed E-state index contributed by atoms with van der Waals surface area (Å²) in [6.07, 6.45) is -1.31. The zero-order valence-electron chi connectivity index (χ0n) is 11.5. The molecular formula is C14H14BrNO5. The molecule has 1 aromatic carbocycles. The molecule has 2 rings (SSSR count). The Balaban J connectivity index is 2.23. The molecule has 1 aliphatic heterocycles. The lowest BCUT2D eigenvalue weighted by molar-refractivity contribution is -0.161. The Hall–Kier alpha value is -1.89. The summed E-state index contributed by atoms with van der Waals surface area (Å²) >= 11 is 3.39. The van der Waals surface area contributed by atoms with Gasteiger partial charge in [-0.1, -0.05) is 15.9 Å². The molecule has 6 nitrogen and oxygen atoms in total. The Morgan fingerprint density at radius 1 is 1.38 bits per heavy atom. The van der Waals surface area contributed by atoms with Crippen molar-refractivity contribution in [2.75, 3.05) is 7.11 Å². The smallest absolute Gasteiger partial charge is 0.303 e. The number of halogens is 1. The van der Waals surface area contributed by atoms with E-state index in [2.05, 4.69) is 21.2 Å². The maximum atomic E-state index is 12.0. The molecule has 0 aromatic heterocycles. The van der Waals surface area contributed by atoms with Crippen LogP contribution in [0.15, 0.2) is 22.7 Å². The molecule has 1 amide bonds. The average Bonchev–Trinajstić information content (AvgIpc) is 2.43. The van der Waals surface area contributed by atoms with Crippen molar-refractivity contribution >= 4 is 33.6 Å². The van der Waals surface area contributed by atoms with Gasteiger partial charge in [-0.15, -0.1) is 0 Å². The van der Waals surface area contributed by atoms with Crippen molar-refractivity contribution in [1.82, 2.24) is 5.32 Å². The molecule has 1 saturated heterocycles. The summed E-state index contributed by atoms with van der Waals surface area (Å²) < 4.78 is 10.6. The van der Waals surface area contributed by atoms with Gasteiger partial charge in [-0.3, -0.25) is 14.4 Å². The maximum absolute atomic E-state index is 12.0. The molecule has 1 fully saturated rings. The van der Waals surface area contributed by atoms with Crippen molar-refractivity contribution < 1.29 is 23.9 Å². The number of amides is 1. The van der Waals surface area contributed by atoms with Gasteiger partial charge in [0.2, 0.25) is 6.10 Å². The molecule has 21 heavy (non-hydrogen) atoms. The van der Waals surface area contributed by atoms with Crippen LogP contribution in [-0.4, -0.2) is 30.9 Å². The van der Waals surface area contributed by atoms with E-state index in [1.54, 1.807) is 18.2 Å². The predicted octanol–water partition coefficient (Wildman–Crippen LogP) is 1.52. The number of rotatable bonds is 3. The number of Topliss-reactive ketones (excluding diaryl/α,β-unsaturated/α-hetero) is 1. The fourth-order valence-corrected chi connectivity index (χ4v) is 2.66. The van der Waals surface area contributed by atoms with E-state index in [4.69, 9.17) is 9.47 Å². The minimum absolute atomic E-state index is 0.0510. The van der Waals surface area contributed by atoms with E-state index >= 15 is 0 Å². The monoisotopic (exact) mass is 355 g/mol. The number of hydrogen-bond donors (Lipinski definition) is 1. The molecule has 0 radical (unpaired) electrons. The summed E-state index contributed by atoms with van der Waals surface area (Å²) in [7, 11) is 1.54. The summed E-state index contributed by atoms with van der Waals surface area (Å²) in [5.41, 5.74) is 0.734. The molecule has 2 atom stereocenters. The molecule has 1 N–H and O–H groups in total. The number of ketones is 1. The van der Waals surface area contributed by atoms with Gasteiger partial charge in [-0.25, -0.2) is 0 Å². The first kappa shape index (κ1) is 15.5. The molecule has 1 aromatic rings. The number of esters is 1. The number of carbonyl (C=O) groups excluding carboxylic acids is 3. The van der Waals surface area contributed by atoms with Crippen molar-refractivity contribution in [3.8, 4) is 5.75 Å². The van der Waals surface area contributed by atoms with Gasteiger partial charge in [0.1, 0.15) is 5.75 Å². The third-order valence-electron chi connectivity index (χ3n) is 3.11. The summed E-state index contributed by atoms with van der Waals surface area (Å²) in [4.78, 5) is 34.9. The minimum atomic E-state index is -1.36. The van der Waals surface area contributed by atoms with Gasteiger partial charge in [-0.05, 0) is 23.8 Å². The second kappa shape index (κ2) is 6.26. The van der Waals surface area contributed by atoms with Crippen LogP contribution >= 0.6 is 15.9 Å². The van der Waals surface area contributed by atoms with Crippen LogP contribution < -0.4 is 10.1 Å². The lowest BCUT2D eigenvalue weighted by Crippen LogP contribution is -2.50. The molecule has 112 valence electrons. The highest BCUT2D eigenvalue weighted by Crippen LogP contribution is 2.31. The number of ether oxygens (including phenoxy) is 2. The van der Waals surface area contributed by atoms with E-state index in [1.807, 2.05) is 0 Å². The summed E-state index contributed by atoms with van der Waals surface area (Å²) in [6.45, 7) is 1.16. The Morgan fingerprint density at radius 2 is 2.10 bits per heavy atom. The normalized spacial score (nSPS) is 21.7. The van der Waals surface area contributed by atoms with Gasteiger partial charge >= 0.3 is 5.97 Å². The highest BCUT2D eigenvalue weighted by Gasteiger charge is 2.38. The molecule has 0 spiro atoms. The molecular weight excluding hydrogens is 342 g/mol. The van der Waals surface area contributed by atoms with E-state index in [0.717, 1.165) is 17.0 Å². The van der Waals surface area contributed by atoms with E-state index in [9.17, 15) is 14.4 Å². The van der Waals surface area contributed by atoms with Gasteiger partial charge in [0.15, 0.2) is 5.78 Å². The predicted molar refractivity (Wildman–Crippen MR) is 76.8 cm³/mol. The van der Waals surface area contributed by atoms with Gasteiger partial charge < -0.3 is 14.8 Å². The van der Waals surface area contributed by atoms with Crippen LogP contribution in [0.25, 0.3) is 0 Å². The van der Waals surface area contributed by atoms with Crippen LogP contribution in [0.2, 0.25) is 0 Å². The number of carbonyl (C=O) groups is 3. The molecule has 0 saturated carbocycles. The first-order valence-corrected chi connectivity index (χ1v) is 7.05. The first-order chi connectivity index (χ1) is 9.92. The molecule has 0 aliphatic carbocycles. The topological polar surface area (TPSA) is 81.7 Å². The lowest BCUT2D eigenvalue weighted by Gasteiger charge is -2.28. The van der Waals surface area contributed by atoms with E-state index in [-0.39, 0.29) is 6.42 Å². The third-order valence-corrected chi connectivity index (χ3v) is 3.84. The molecule has 1 unspecified atom stereocenters. The van der Waals surface area contributed by atoms with Crippen molar-refractivity contribution in [1.29, 1.82) is 0 Å². The number of hydrogen-bond acceptors (Lipinski definition) is 5. The Kier molecular flexibility index (Phi) is 4.62. The Morgan fingerprint density at radius 3 is 2.67 bits per heavy atom. The van der Waals surface area contributed by atoms with E-state index < -0.39 is 29.8 Å². The number of methoxy groups -OCH3 is 1. The minimum Gasteiger partial charge on any atom is -0.497 e. The highest BCUT2D eigenvalue weighted by atomic mass is 79.9. The summed E-state index contributed by atoms with van der Waals surface area (Å²) in [6, 6.07) is 4.81. The second-order valence-electron chi connectivity index (χ2n) is 4.61. The largest absolute Gasteiger partial charge is 0.497 e. The fourth-order valence-electron chi connectivity index (χ4n) is 2.14. The van der Waals surface area contributed by atoms with Crippen molar-refractivity contribution in [3.05, 3.63) is 28.2 Å². The van der Waals surface area contributed by atoms with Crippen LogP contribution in [0.4, 0.5) is 0 Å². The number of benzene rings is 1. The average molecular weight is 356 g/mol. The molecule has 1 heterocycles. The van der Waals surface area contributed by atoms with Crippen LogP contribution in [0.3, 0.4) is 0 Å². The van der Waals surface area contributed by atoms with Gasteiger partial charge in [0.25, 0.3) is 5.91 Å². The fraction of sp³-hybridized carbons (Fsp3) is 0.357. The van der Waals surface area contributed by atoms with Crippen LogP contribution in [0.5, 0.6) is 5.75 Å². The van der Waals surface area contributed by atoms with Crippen molar-refractivity contribution in [3.63, 3.8) is 0 Å². The van der Waals surface area contributed by atoms with Crippen LogP contribution in [-0.2, 0) is 19.1 Å². The quantitative estimate of drug-likeness (QED) is 0.656. The SMILES string of the molecule is COc1ccc(Br)c([C@H]2CC(=O)C(OC(C)=O)C(=O)N2)c1. The summed E-state index contributed by atoms with van der Waals surface area (Å²) in [5, 5.41) is 2.69. The highest BCUT2D eigenvalue weighted by molar-refractivity contribution is 9.10. The lowest BCUT2D eigenvalue weighted by atomic mass is 9.94. The summed E-state index contributed by atoms with van der Waals surface area (Å²) in [5.74, 6) is -1.07. The standard InChI is InChI=1S/C14H14BrNO5/c1-7(17)21-13-12(18)6-11(16-14(13)19)9-5-8(20-2)3-4-10(9)15/h3-5,11,13H,6H2,1-2H3,(H,16,19)/t11-,13?/m1/s1. The van der Waals surface area contributed by atoms with Crippen LogP contribution in [0, 0.1) is 0 Å². The third kappa shape index (κ3) is 3.41. The Labute approximate surface area is 129 Å². The zero-order chi connectivity index (χ0) is 15.6. The Bertz CT molecular complexity index is 583. The molecule has 7 heteroatoms. The number of nitrogens with one attached hydrogen (secondary N) is 1. The first-order valence-electron chi connectivity index (χ1n) is 6.26. The number of piperidine rings is 1. The van der Waals surface area contributed by atoms with Crippen molar-refractivity contribution in [2.24, 2.45) is 0 Å². The maximum Gasteiger partial charge on any atom is 0.303 e. The molecule has 0 bridgehead atoms. The van der Waals surface area contributed by atoms with E-state index in [0.29, 0.717) is 5.75 Å².